The van der Waals surface area contributed by atoms with Crippen molar-refractivity contribution in [3.8, 4) is 0 Å². The summed E-state index contributed by atoms with van der Waals surface area (Å²) >= 11 is 0. The molecule has 0 atom stereocenters. The lowest BCUT2D eigenvalue weighted by Gasteiger charge is -2.36. The zero-order chi connectivity index (χ0) is 15.9. The minimum absolute atomic E-state index is 0.401. The van der Waals surface area contributed by atoms with Gasteiger partial charge >= 0.3 is 18.1 Å². The largest absolute Gasteiger partial charge is 0.673 e. The van der Waals surface area contributed by atoms with Crippen molar-refractivity contribution in [2.45, 2.75) is 33.5 Å². The molecular formula is C10H28O7Si3. The Morgan fingerprint density at radius 3 is 1.30 bits per heavy atom. The smallest absolute Gasteiger partial charge is 0.395 e. The molecule has 0 fully saturated rings. The molecule has 0 saturated carbocycles. The summed E-state index contributed by atoms with van der Waals surface area (Å²) in [6, 6.07) is 0. The lowest BCUT2D eigenvalue weighted by molar-refractivity contribution is -0.0257. The Kier molecular flexibility index (Phi) is 8.89. The van der Waals surface area contributed by atoms with Crippen LogP contribution >= 0.6 is 0 Å². The third kappa shape index (κ3) is 6.43. The third-order valence-electron chi connectivity index (χ3n) is 2.07. The van der Waals surface area contributed by atoms with Gasteiger partial charge in [0.05, 0.1) is 0 Å². The van der Waals surface area contributed by atoms with E-state index in [9.17, 15) is 0 Å². The molecule has 0 heterocycles. The molecule has 122 valence electrons. The van der Waals surface area contributed by atoms with Gasteiger partial charge in [-0.1, -0.05) is 0 Å². The fourth-order valence-electron chi connectivity index (χ4n) is 1.44. The molecular weight excluding hydrogens is 316 g/mol. The molecule has 0 unspecified atom stereocenters. The number of hydrogen-bond donors (Lipinski definition) is 0. The van der Waals surface area contributed by atoms with Gasteiger partial charge in [0.25, 0.3) is 0 Å². The van der Waals surface area contributed by atoms with Crippen molar-refractivity contribution in [1.29, 1.82) is 0 Å². The summed E-state index contributed by atoms with van der Waals surface area (Å²) in [5, 5.41) is 0. The van der Waals surface area contributed by atoms with Gasteiger partial charge in [0, 0.05) is 34.5 Å². The Morgan fingerprint density at radius 2 is 1.05 bits per heavy atom. The maximum Gasteiger partial charge on any atom is 0.673 e. The molecule has 0 rings (SSSR count). The minimum Gasteiger partial charge on any atom is -0.395 e. The summed E-state index contributed by atoms with van der Waals surface area (Å²) in [5.41, 5.74) is 0. The fourth-order valence-corrected chi connectivity index (χ4v) is 9.44. The van der Waals surface area contributed by atoms with Crippen LogP contribution in [0.15, 0.2) is 0 Å². The number of rotatable bonds is 11. The summed E-state index contributed by atoms with van der Waals surface area (Å²) in [6.07, 6.45) is 0. The normalized spacial score (nSPS) is 13.8. The van der Waals surface area contributed by atoms with Gasteiger partial charge in [0.1, 0.15) is 0 Å². The first-order valence-corrected chi connectivity index (χ1v) is 13.2. The summed E-state index contributed by atoms with van der Waals surface area (Å²) in [6.45, 7) is 10.6. The molecule has 0 amide bonds. The third-order valence-corrected chi connectivity index (χ3v) is 10.3. The van der Waals surface area contributed by atoms with Crippen LogP contribution in [0.25, 0.3) is 0 Å². The zero-order valence-electron chi connectivity index (χ0n) is 13.8. The van der Waals surface area contributed by atoms with Gasteiger partial charge in [-0.25, -0.2) is 0 Å². The van der Waals surface area contributed by atoms with E-state index in [4.69, 9.17) is 30.4 Å². The summed E-state index contributed by atoms with van der Waals surface area (Å²) in [4.78, 5) is 0. The number of hydrogen-bond acceptors (Lipinski definition) is 7. The van der Waals surface area contributed by atoms with Crippen molar-refractivity contribution < 1.29 is 30.4 Å². The maximum absolute atomic E-state index is 6.07. The average Bonchev–Trinajstić information content (AvgIpc) is 2.35. The van der Waals surface area contributed by atoms with E-state index in [0.717, 1.165) is 0 Å². The van der Waals surface area contributed by atoms with E-state index in [1.807, 2.05) is 33.5 Å². The second kappa shape index (κ2) is 8.73. The topological polar surface area (TPSA) is 64.6 Å². The van der Waals surface area contributed by atoms with E-state index < -0.39 is 26.4 Å². The molecule has 20 heavy (non-hydrogen) atoms. The van der Waals surface area contributed by atoms with E-state index in [2.05, 4.69) is 0 Å². The fraction of sp³-hybridized carbons (Fsp3) is 1.00. The Bertz CT molecular complexity index is 254. The highest BCUT2D eigenvalue weighted by atomic mass is 28.5. The predicted molar refractivity (Wildman–Crippen MR) is 81.3 cm³/mol. The zero-order valence-corrected chi connectivity index (χ0v) is 16.8. The van der Waals surface area contributed by atoms with E-state index in [0.29, 0.717) is 13.2 Å². The molecule has 0 N–H and O–H groups in total. The Labute approximate surface area is 125 Å². The van der Waals surface area contributed by atoms with Crippen LogP contribution in [-0.2, 0) is 30.4 Å². The van der Waals surface area contributed by atoms with Crippen molar-refractivity contribution >= 4 is 26.4 Å². The lowest BCUT2D eigenvalue weighted by Crippen LogP contribution is -2.63. The van der Waals surface area contributed by atoms with Crippen LogP contribution < -0.4 is 0 Å². The summed E-state index contributed by atoms with van der Waals surface area (Å²) in [7, 11) is -4.27. The van der Waals surface area contributed by atoms with Crippen LogP contribution in [0.1, 0.15) is 13.8 Å². The van der Waals surface area contributed by atoms with Crippen molar-refractivity contribution in [3.05, 3.63) is 0 Å². The Morgan fingerprint density at radius 1 is 0.650 bits per heavy atom. The van der Waals surface area contributed by atoms with Gasteiger partial charge in [0.2, 0.25) is 0 Å². The molecule has 0 aromatic rings. The first-order valence-electron chi connectivity index (χ1n) is 6.55. The van der Waals surface area contributed by atoms with Crippen LogP contribution in [0.3, 0.4) is 0 Å². The monoisotopic (exact) mass is 344 g/mol. The van der Waals surface area contributed by atoms with Crippen molar-refractivity contribution in [2.75, 3.05) is 34.5 Å². The molecule has 0 aromatic heterocycles. The quantitative estimate of drug-likeness (QED) is 0.529. The standard InChI is InChI=1S/C10H28O7Si3/c1-9-14-20(15-10-2,16-18(6,7)8)17-19(11-3,12-4)13-5/h9-10H2,1-8H3. The SMILES string of the molecule is CCO[Si](OCC)(O[Si](C)(C)C)O[Si](OC)(OC)OC. The van der Waals surface area contributed by atoms with E-state index in [1.54, 1.807) is 0 Å². The highest BCUT2D eigenvalue weighted by molar-refractivity contribution is 6.80. The molecule has 0 aromatic carbocycles. The van der Waals surface area contributed by atoms with E-state index in [-0.39, 0.29) is 0 Å². The summed E-state index contributed by atoms with van der Waals surface area (Å²) < 4.78 is 39.2. The van der Waals surface area contributed by atoms with Crippen LogP contribution in [0.4, 0.5) is 0 Å². The first kappa shape index (κ1) is 20.4. The van der Waals surface area contributed by atoms with E-state index >= 15 is 0 Å². The molecule has 0 aliphatic rings. The van der Waals surface area contributed by atoms with Gasteiger partial charge < -0.3 is 30.4 Å². The van der Waals surface area contributed by atoms with Crippen molar-refractivity contribution in [1.82, 2.24) is 0 Å². The molecule has 0 spiro atoms. The minimum atomic E-state index is -3.38. The van der Waals surface area contributed by atoms with Gasteiger partial charge in [-0.3, -0.25) is 0 Å². The van der Waals surface area contributed by atoms with Gasteiger partial charge in [-0.15, -0.1) is 0 Å². The van der Waals surface area contributed by atoms with Gasteiger partial charge in [-0.05, 0) is 33.5 Å². The van der Waals surface area contributed by atoms with Crippen LogP contribution in [0.2, 0.25) is 19.6 Å². The van der Waals surface area contributed by atoms with Crippen LogP contribution in [-0.4, -0.2) is 61.0 Å². The summed E-state index contributed by atoms with van der Waals surface area (Å²) in [5.74, 6) is 0. The first-order chi connectivity index (χ1) is 9.22. The maximum atomic E-state index is 6.07. The second-order valence-electron chi connectivity index (χ2n) is 4.79. The molecule has 0 saturated heterocycles. The van der Waals surface area contributed by atoms with E-state index in [1.165, 1.54) is 21.3 Å². The molecule has 0 aliphatic heterocycles. The second-order valence-corrected chi connectivity index (χ2v) is 14.5. The van der Waals surface area contributed by atoms with Crippen molar-refractivity contribution in [3.63, 3.8) is 0 Å². The molecule has 0 aliphatic carbocycles. The van der Waals surface area contributed by atoms with Crippen LogP contribution in [0.5, 0.6) is 0 Å². The highest BCUT2D eigenvalue weighted by Gasteiger charge is 2.59. The van der Waals surface area contributed by atoms with Crippen molar-refractivity contribution in [2.24, 2.45) is 0 Å². The average molecular weight is 345 g/mol. The lowest BCUT2D eigenvalue weighted by atomic mass is 10.9. The Hall–Kier alpha value is 0.371. The highest BCUT2D eigenvalue weighted by Crippen LogP contribution is 2.24. The molecule has 0 radical (unpaired) electrons. The Balaban J connectivity index is 5.35. The van der Waals surface area contributed by atoms with Gasteiger partial charge in [0.15, 0.2) is 8.32 Å². The predicted octanol–water partition coefficient (Wildman–Crippen LogP) is 1.74. The molecule has 7 nitrogen and oxygen atoms in total. The molecule has 0 bridgehead atoms. The van der Waals surface area contributed by atoms with Gasteiger partial charge in [-0.2, -0.15) is 0 Å². The van der Waals surface area contributed by atoms with Crippen LogP contribution in [0, 0.1) is 0 Å². The molecule has 10 heteroatoms.